The number of nitrogens with one attached hydrogen (secondary N) is 1. The number of nitrogens with zero attached hydrogens (tertiary/aromatic N) is 3. The van der Waals surface area contributed by atoms with Crippen LogP contribution in [0.3, 0.4) is 0 Å². The molecule has 0 aliphatic rings. The second-order valence-electron chi connectivity index (χ2n) is 5.14. The van der Waals surface area contributed by atoms with Gasteiger partial charge in [0.15, 0.2) is 6.29 Å². The molecule has 1 N–H and O–H groups in total. The normalized spacial score (nSPS) is 10.8. The first kappa shape index (κ1) is 15.4. The highest BCUT2D eigenvalue weighted by Gasteiger charge is 2.10. The standard InChI is InChI=1S/C14H18N4O2S/c1-10(2)8-13-16-17-14(21-13)15-12(20)5-7-18-6-3-4-11(18)9-19/h3-4,6,9-10H,5,7-8H2,1-2H3,(H,15,17,20). The van der Waals surface area contributed by atoms with E-state index in [1.807, 2.05) is 0 Å². The Morgan fingerprint density at radius 3 is 3.00 bits per heavy atom. The average molecular weight is 306 g/mol. The van der Waals surface area contributed by atoms with Crippen LogP contribution in [0.5, 0.6) is 0 Å². The van der Waals surface area contributed by atoms with Gasteiger partial charge in [-0.1, -0.05) is 25.2 Å². The maximum atomic E-state index is 11.9. The van der Waals surface area contributed by atoms with E-state index in [-0.39, 0.29) is 12.3 Å². The summed E-state index contributed by atoms with van der Waals surface area (Å²) in [5.41, 5.74) is 0.568. The van der Waals surface area contributed by atoms with E-state index in [1.54, 1.807) is 22.9 Å². The zero-order valence-corrected chi connectivity index (χ0v) is 12.9. The van der Waals surface area contributed by atoms with Crippen molar-refractivity contribution in [2.75, 3.05) is 5.32 Å². The van der Waals surface area contributed by atoms with Gasteiger partial charge in [0, 0.05) is 25.6 Å². The Bertz CT molecular complexity index is 618. The molecule has 0 aliphatic heterocycles. The molecular weight excluding hydrogens is 288 g/mol. The Balaban J connectivity index is 1.84. The largest absolute Gasteiger partial charge is 0.345 e. The highest BCUT2D eigenvalue weighted by atomic mass is 32.1. The molecule has 0 saturated carbocycles. The summed E-state index contributed by atoms with van der Waals surface area (Å²) in [6, 6.07) is 3.50. The third-order valence-corrected chi connectivity index (χ3v) is 3.72. The van der Waals surface area contributed by atoms with Gasteiger partial charge in [0.25, 0.3) is 0 Å². The summed E-state index contributed by atoms with van der Waals surface area (Å²) in [6.07, 6.45) is 3.71. The number of aromatic nitrogens is 3. The van der Waals surface area contributed by atoms with Crippen molar-refractivity contribution in [3.63, 3.8) is 0 Å². The van der Waals surface area contributed by atoms with Crippen LogP contribution in [0.4, 0.5) is 5.13 Å². The van der Waals surface area contributed by atoms with Gasteiger partial charge in [-0.05, 0) is 18.1 Å². The molecular formula is C14H18N4O2S. The lowest BCUT2D eigenvalue weighted by Gasteiger charge is -2.04. The van der Waals surface area contributed by atoms with Crippen LogP contribution in [-0.4, -0.2) is 27.0 Å². The Labute approximate surface area is 127 Å². The fourth-order valence-electron chi connectivity index (χ4n) is 1.88. The first-order valence-electron chi connectivity index (χ1n) is 6.81. The molecule has 1 amide bonds. The SMILES string of the molecule is CC(C)Cc1nnc(NC(=O)CCn2cccc2C=O)s1. The van der Waals surface area contributed by atoms with Gasteiger partial charge >= 0.3 is 0 Å². The molecule has 0 unspecified atom stereocenters. The number of hydrogen-bond acceptors (Lipinski definition) is 5. The minimum Gasteiger partial charge on any atom is -0.345 e. The molecule has 6 nitrogen and oxygen atoms in total. The van der Waals surface area contributed by atoms with E-state index in [2.05, 4.69) is 29.4 Å². The van der Waals surface area contributed by atoms with E-state index in [9.17, 15) is 9.59 Å². The number of aldehydes is 1. The highest BCUT2D eigenvalue weighted by molar-refractivity contribution is 7.15. The van der Waals surface area contributed by atoms with Crippen molar-refractivity contribution in [1.82, 2.24) is 14.8 Å². The van der Waals surface area contributed by atoms with Crippen molar-refractivity contribution >= 4 is 28.7 Å². The number of amides is 1. The predicted molar refractivity (Wildman–Crippen MR) is 81.5 cm³/mol. The Hall–Kier alpha value is -2.02. The molecule has 0 spiro atoms. The van der Waals surface area contributed by atoms with Gasteiger partial charge in [-0.25, -0.2) is 0 Å². The van der Waals surface area contributed by atoms with Crippen LogP contribution in [0.15, 0.2) is 18.3 Å². The number of rotatable bonds is 7. The molecule has 0 radical (unpaired) electrons. The van der Waals surface area contributed by atoms with E-state index in [4.69, 9.17) is 0 Å². The Morgan fingerprint density at radius 2 is 2.29 bits per heavy atom. The van der Waals surface area contributed by atoms with Crippen LogP contribution in [0.1, 0.15) is 35.8 Å². The number of carbonyl (C=O) groups excluding carboxylic acids is 2. The van der Waals surface area contributed by atoms with Crippen molar-refractivity contribution in [2.45, 2.75) is 33.2 Å². The van der Waals surface area contributed by atoms with Crippen LogP contribution >= 0.6 is 11.3 Å². The second-order valence-corrected chi connectivity index (χ2v) is 6.20. The van der Waals surface area contributed by atoms with Crippen molar-refractivity contribution in [3.05, 3.63) is 29.0 Å². The molecule has 7 heteroatoms. The first-order valence-corrected chi connectivity index (χ1v) is 7.62. The second kappa shape index (κ2) is 7.12. The molecule has 2 aromatic rings. The maximum Gasteiger partial charge on any atom is 0.227 e. The topological polar surface area (TPSA) is 76.9 Å². The average Bonchev–Trinajstić information content (AvgIpc) is 3.04. The van der Waals surface area contributed by atoms with E-state index in [0.717, 1.165) is 17.7 Å². The molecule has 2 aromatic heterocycles. The Kier molecular flexibility index (Phi) is 5.21. The quantitative estimate of drug-likeness (QED) is 0.797. The van der Waals surface area contributed by atoms with Crippen LogP contribution in [0, 0.1) is 5.92 Å². The fourth-order valence-corrected chi connectivity index (χ4v) is 2.85. The number of aryl methyl sites for hydroxylation is 1. The smallest absolute Gasteiger partial charge is 0.227 e. The maximum absolute atomic E-state index is 11.9. The number of anilines is 1. The third-order valence-electron chi connectivity index (χ3n) is 2.86. The summed E-state index contributed by atoms with van der Waals surface area (Å²) in [4.78, 5) is 22.6. The van der Waals surface area contributed by atoms with Crippen LogP contribution < -0.4 is 5.32 Å². The predicted octanol–water partition coefficient (Wildman–Crippen LogP) is 2.38. The summed E-state index contributed by atoms with van der Waals surface area (Å²) in [7, 11) is 0. The van der Waals surface area contributed by atoms with Gasteiger partial charge < -0.3 is 9.88 Å². The minimum absolute atomic E-state index is 0.132. The van der Waals surface area contributed by atoms with Gasteiger partial charge in [0.2, 0.25) is 11.0 Å². The number of hydrogen-bond donors (Lipinski definition) is 1. The summed E-state index contributed by atoms with van der Waals surface area (Å²) in [6.45, 7) is 4.69. The number of carbonyl (C=O) groups is 2. The first-order chi connectivity index (χ1) is 10.1. The van der Waals surface area contributed by atoms with Crippen molar-refractivity contribution in [3.8, 4) is 0 Å². The van der Waals surface area contributed by atoms with Gasteiger partial charge in [0.05, 0.1) is 5.69 Å². The highest BCUT2D eigenvalue weighted by Crippen LogP contribution is 2.18. The summed E-state index contributed by atoms with van der Waals surface area (Å²) in [5.74, 6) is 0.379. The van der Waals surface area contributed by atoms with Crippen LogP contribution in [-0.2, 0) is 17.8 Å². The van der Waals surface area contributed by atoms with Gasteiger partial charge in [-0.2, -0.15) is 0 Å². The van der Waals surface area contributed by atoms with Crippen molar-refractivity contribution in [1.29, 1.82) is 0 Å². The van der Waals surface area contributed by atoms with Crippen LogP contribution in [0.25, 0.3) is 0 Å². The summed E-state index contributed by atoms with van der Waals surface area (Å²) >= 11 is 1.40. The molecule has 0 fully saturated rings. The lowest BCUT2D eigenvalue weighted by molar-refractivity contribution is -0.116. The lowest BCUT2D eigenvalue weighted by Crippen LogP contribution is -2.14. The monoisotopic (exact) mass is 306 g/mol. The lowest BCUT2D eigenvalue weighted by atomic mass is 10.1. The Morgan fingerprint density at radius 1 is 1.48 bits per heavy atom. The van der Waals surface area contributed by atoms with E-state index in [0.29, 0.717) is 23.3 Å². The molecule has 0 atom stereocenters. The van der Waals surface area contributed by atoms with Gasteiger partial charge in [-0.15, -0.1) is 10.2 Å². The van der Waals surface area contributed by atoms with E-state index < -0.39 is 0 Å². The molecule has 21 heavy (non-hydrogen) atoms. The van der Waals surface area contributed by atoms with Gasteiger partial charge in [-0.3, -0.25) is 9.59 Å². The molecule has 112 valence electrons. The van der Waals surface area contributed by atoms with Crippen molar-refractivity contribution < 1.29 is 9.59 Å². The zero-order valence-electron chi connectivity index (χ0n) is 12.1. The van der Waals surface area contributed by atoms with E-state index >= 15 is 0 Å². The van der Waals surface area contributed by atoms with Gasteiger partial charge in [0.1, 0.15) is 5.01 Å². The van der Waals surface area contributed by atoms with Crippen molar-refractivity contribution in [2.24, 2.45) is 5.92 Å². The van der Waals surface area contributed by atoms with Crippen LogP contribution in [0.2, 0.25) is 0 Å². The summed E-state index contributed by atoms with van der Waals surface area (Å²) in [5, 5.41) is 12.2. The molecule has 0 aliphatic carbocycles. The minimum atomic E-state index is -0.132. The molecule has 2 heterocycles. The third kappa shape index (κ3) is 4.49. The molecule has 0 aromatic carbocycles. The molecule has 0 saturated heterocycles. The zero-order chi connectivity index (χ0) is 15.2. The summed E-state index contributed by atoms with van der Waals surface area (Å²) < 4.78 is 1.75. The molecule has 0 bridgehead atoms. The fraction of sp³-hybridized carbons (Fsp3) is 0.429. The molecule has 2 rings (SSSR count). The van der Waals surface area contributed by atoms with E-state index in [1.165, 1.54) is 11.3 Å².